The van der Waals surface area contributed by atoms with Crippen molar-refractivity contribution in [1.29, 1.82) is 0 Å². The number of nitrogens with two attached hydrogens (primary N) is 2. The average molecular weight is 495 g/mol. The summed E-state index contributed by atoms with van der Waals surface area (Å²) in [7, 11) is 0. The third-order valence-corrected chi connectivity index (χ3v) is 4.78. The lowest BCUT2D eigenvalue weighted by Gasteiger charge is -2.24. The Labute approximate surface area is 200 Å². The predicted octanol–water partition coefficient (Wildman–Crippen LogP) is -2.44. The Morgan fingerprint density at radius 1 is 0.886 bits per heavy atom. The third kappa shape index (κ3) is 10.5. The molecule has 1 rings (SSSR count). The number of phenols is 1. The van der Waals surface area contributed by atoms with E-state index in [1.807, 2.05) is 0 Å². The Bertz CT molecular complexity index is 951. The number of rotatable bonds is 14. The standard InChI is InChI=1S/C21H29N5O9/c1-10(21(34)35)24-19(32)14(6-7-17(29)30)25-20(33)15(9-16(23)28)26-18(31)13(22)8-11-2-4-12(27)5-3-11/h2-5,10,13-15,27H,6-9,22H2,1H3,(H2,23,28)(H,24,32)(H,25,33)(H,26,31)(H,29,30)(H,34,35). The van der Waals surface area contributed by atoms with Crippen LogP contribution in [0.5, 0.6) is 5.75 Å². The molecular formula is C21H29N5O9. The second-order valence-corrected chi connectivity index (χ2v) is 7.77. The van der Waals surface area contributed by atoms with Crippen molar-refractivity contribution in [3.63, 3.8) is 0 Å². The highest BCUT2D eigenvalue weighted by molar-refractivity contribution is 5.96. The number of benzene rings is 1. The summed E-state index contributed by atoms with van der Waals surface area (Å²) in [5, 5.41) is 33.8. The van der Waals surface area contributed by atoms with Gasteiger partial charge in [-0.05, 0) is 37.5 Å². The van der Waals surface area contributed by atoms with E-state index in [0.29, 0.717) is 5.56 Å². The van der Waals surface area contributed by atoms with Gasteiger partial charge in [0.25, 0.3) is 0 Å². The van der Waals surface area contributed by atoms with E-state index in [-0.39, 0.29) is 12.2 Å². The molecule has 0 aliphatic heterocycles. The summed E-state index contributed by atoms with van der Waals surface area (Å²) < 4.78 is 0. The molecule has 1 aromatic carbocycles. The lowest BCUT2D eigenvalue weighted by Crippen LogP contribution is -2.57. The van der Waals surface area contributed by atoms with Crippen LogP contribution in [0.1, 0.15) is 31.7 Å². The first-order valence-corrected chi connectivity index (χ1v) is 10.5. The summed E-state index contributed by atoms with van der Waals surface area (Å²) in [6, 6.07) is 0.394. The average Bonchev–Trinajstić information content (AvgIpc) is 2.76. The fourth-order valence-electron chi connectivity index (χ4n) is 2.85. The van der Waals surface area contributed by atoms with Crippen LogP contribution in [0.3, 0.4) is 0 Å². The monoisotopic (exact) mass is 495 g/mol. The number of carbonyl (C=O) groups is 6. The Hall–Kier alpha value is -4.20. The molecule has 14 nitrogen and oxygen atoms in total. The summed E-state index contributed by atoms with van der Waals surface area (Å²) in [6.45, 7) is 1.17. The van der Waals surface area contributed by atoms with Gasteiger partial charge in [-0.2, -0.15) is 0 Å². The van der Waals surface area contributed by atoms with Crippen molar-refractivity contribution in [1.82, 2.24) is 16.0 Å². The van der Waals surface area contributed by atoms with E-state index in [4.69, 9.17) is 21.7 Å². The minimum Gasteiger partial charge on any atom is -0.508 e. The van der Waals surface area contributed by atoms with Crippen LogP contribution in [0.25, 0.3) is 0 Å². The number of hydrogen-bond acceptors (Lipinski definition) is 8. The number of amides is 4. The second kappa shape index (κ2) is 13.5. The van der Waals surface area contributed by atoms with Crippen LogP contribution >= 0.6 is 0 Å². The maximum atomic E-state index is 12.8. The molecule has 4 unspecified atom stereocenters. The van der Waals surface area contributed by atoms with Gasteiger partial charge < -0.3 is 42.7 Å². The Kier molecular flexibility index (Phi) is 11.1. The number of phenolic OH excluding ortho intramolecular Hbond substituents is 1. The Morgan fingerprint density at radius 3 is 1.94 bits per heavy atom. The van der Waals surface area contributed by atoms with E-state index in [0.717, 1.165) is 0 Å². The van der Waals surface area contributed by atoms with E-state index in [2.05, 4.69) is 16.0 Å². The maximum absolute atomic E-state index is 12.8. The van der Waals surface area contributed by atoms with E-state index >= 15 is 0 Å². The minimum absolute atomic E-state index is 0.0178. The zero-order valence-corrected chi connectivity index (χ0v) is 18.9. The van der Waals surface area contributed by atoms with Gasteiger partial charge in [-0.15, -0.1) is 0 Å². The number of carbonyl (C=O) groups excluding carboxylic acids is 4. The van der Waals surface area contributed by atoms with Crippen molar-refractivity contribution in [3.05, 3.63) is 29.8 Å². The predicted molar refractivity (Wildman–Crippen MR) is 120 cm³/mol. The van der Waals surface area contributed by atoms with Gasteiger partial charge in [0.05, 0.1) is 12.5 Å². The molecule has 0 bridgehead atoms. The molecule has 0 heterocycles. The Balaban J connectivity index is 2.94. The highest BCUT2D eigenvalue weighted by Gasteiger charge is 2.30. The number of carboxylic acids is 2. The SMILES string of the molecule is CC(NC(=O)C(CCC(=O)O)NC(=O)C(CC(N)=O)NC(=O)C(N)Cc1ccc(O)cc1)C(=O)O. The molecule has 14 heteroatoms. The van der Waals surface area contributed by atoms with E-state index < -0.39 is 79.0 Å². The zero-order valence-electron chi connectivity index (χ0n) is 18.9. The molecule has 1 aromatic rings. The molecule has 192 valence electrons. The number of carboxylic acid groups (broad SMARTS) is 2. The van der Waals surface area contributed by atoms with Crippen molar-refractivity contribution in [2.75, 3.05) is 0 Å². The number of primary amides is 1. The van der Waals surface area contributed by atoms with Gasteiger partial charge in [0.1, 0.15) is 23.9 Å². The molecule has 0 aromatic heterocycles. The topological polar surface area (TPSA) is 251 Å². The molecule has 10 N–H and O–H groups in total. The van der Waals surface area contributed by atoms with Crippen molar-refractivity contribution >= 4 is 35.6 Å². The molecule has 4 amide bonds. The lowest BCUT2D eigenvalue weighted by molar-refractivity contribution is -0.142. The van der Waals surface area contributed by atoms with Crippen LogP contribution in [0.15, 0.2) is 24.3 Å². The summed E-state index contributed by atoms with van der Waals surface area (Å²) in [6.07, 6.45) is -1.54. The van der Waals surface area contributed by atoms with Crippen LogP contribution in [-0.4, -0.2) is 75.1 Å². The number of hydrogen-bond donors (Lipinski definition) is 8. The third-order valence-electron chi connectivity index (χ3n) is 4.78. The fraction of sp³-hybridized carbons (Fsp3) is 0.429. The van der Waals surface area contributed by atoms with Crippen LogP contribution in [0.2, 0.25) is 0 Å². The van der Waals surface area contributed by atoms with Crippen molar-refractivity contribution in [2.24, 2.45) is 11.5 Å². The van der Waals surface area contributed by atoms with Gasteiger partial charge in [0.2, 0.25) is 23.6 Å². The molecule has 0 saturated heterocycles. The van der Waals surface area contributed by atoms with Gasteiger partial charge in [0.15, 0.2) is 0 Å². The minimum atomic E-state index is -1.54. The fourth-order valence-corrected chi connectivity index (χ4v) is 2.85. The van der Waals surface area contributed by atoms with Crippen LogP contribution in [0, 0.1) is 0 Å². The molecule has 4 atom stereocenters. The highest BCUT2D eigenvalue weighted by Crippen LogP contribution is 2.11. The summed E-state index contributed by atoms with van der Waals surface area (Å²) in [5.41, 5.74) is 11.6. The van der Waals surface area contributed by atoms with Gasteiger partial charge in [-0.1, -0.05) is 12.1 Å². The van der Waals surface area contributed by atoms with Gasteiger partial charge in [-0.25, -0.2) is 0 Å². The highest BCUT2D eigenvalue weighted by atomic mass is 16.4. The van der Waals surface area contributed by atoms with Crippen LogP contribution < -0.4 is 27.4 Å². The summed E-state index contributed by atoms with van der Waals surface area (Å²) >= 11 is 0. The first-order chi connectivity index (χ1) is 16.3. The normalized spacial score (nSPS) is 14.0. The van der Waals surface area contributed by atoms with Gasteiger partial charge in [0, 0.05) is 6.42 Å². The number of aromatic hydroxyl groups is 1. The Morgan fingerprint density at radius 2 is 1.43 bits per heavy atom. The molecule has 35 heavy (non-hydrogen) atoms. The quantitative estimate of drug-likeness (QED) is 0.135. The van der Waals surface area contributed by atoms with E-state index in [1.54, 1.807) is 12.1 Å². The van der Waals surface area contributed by atoms with E-state index in [9.17, 15) is 33.9 Å². The molecule has 0 spiro atoms. The van der Waals surface area contributed by atoms with Gasteiger partial charge in [-0.3, -0.25) is 28.8 Å². The van der Waals surface area contributed by atoms with Crippen molar-refractivity contribution in [2.45, 2.75) is 56.8 Å². The molecule has 0 aliphatic carbocycles. The maximum Gasteiger partial charge on any atom is 0.325 e. The molecule has 0 saturated carbocycles. The van der Waals surface area contributed by atoms with E-state index in [1.165, 1.54) is 19.1 Å². The second-order valence-electron chi connectivity index (χ2n) is 7.77. The largest absolute Gasteiger partial charge is 0.508 e. The van der Waals surface area contributed by atoms with Crippen LogP contribution in [-0.2, 0) is 35.2 Å². The summed E-state index contributed by atoms with van der Waals surface area (Å²) in [4.78, 5) is 71.1. The zero-order chi connectivity index (χ0) is 26.7. The molecule has 0 fully saturated rings. The smallest absolute Gasteiger partial charge is 0.325 e. The first-order valence-electron chi connectivity index (χ1n) is 10.5. The molecular weight excluding hydrogens is 466 g/mol. The number of aliphatic carboxylic acids is 2. The van der Waals surface area contributed by atoms with Crippen molar-refractivity contribution in [3.8, 4) is 5.75 Å². The van der Waals surface area contributed by atoms with Gasteiger partial charge >= 0.3 is 11.9 Å². The first kappa shape index (κ1) is 28.8. The molecule has 0 radical (unpaired) electrons. The van der Waals surface area contributed by atoms with Crippen molar-refractivity contribution < 1.29 is 44.1 Å². The summed E-state index contributed by atoms with van der Waals surface area (Å²) in [5.74, 6) is -6.38. The van der Waals surface area contributed by atoms with Crippen LogP contribution in [0.4, 0.5) is 0 Å². The molecule has 0 aliphatic rings. The lowest BCUT2D eigenvalue weighted by atomic mass is 10.0. The number of nitrogens with one attached hydrogen (secondary N) is 3.